The van der Waals surface area contributed by atoms with Gasteiger partial charge in [-0.3, -0.25) is 0 Å². The van der Waals surface area contributed by atoms with Crippen LogP contribution < -0.4 is 4.74 Å². The molecule has 4 nitrogen and oxygen atoms in total. The normalized spacial score (nSPS) is 11.1. The van der Waals surface area contributed by atoms with Gasteiger partial charge in [-0.2, -0.15) is 0 Å². The molecule has 0 amide bonds. The fourth-order valence-electron chi connectivity index (χ4n) is 2.22. The van der Waals surface area contributed by atoms with E-state index in [9.17, 15) is 0 Å². The van der Waals surface area contributed by atoms with E-state index in [1.54, 1.807) is 0 Å². The summed E-state index contributed by atoms with van der Waals surface area (Å²) in [7, 11) is 4.21. The molecule has 0 saturated heterocycles. The Bertz CT molecular complexity index is 539. The summed E-state index contributed by atoms with van der Waals surface area (Å²) < 4.78 is 10.9. The highest BCUT2D eigenvalue weighted by Crippen LogP contribution is 2.18. The number of nitrogens with zero attached hydrogens (tertiary/aromatic N) is 2. The third-order valence-corrected chi connectivity index (χ3v) is 3.56. The third kappa shape index (κ3) is 4.60. The van der Waals surface area contributed by atoms with Crippen LogP contribution in [0.2, 0.25) is 0 Å². The van der Waals surface area contributed by atoms with Crippen molar-refractivity contribution in [2.75, 3.05) is 20.6 Å². The molecular weight excluding hydrogens is 264 g/mol. The minimum atomic E-state index is 0.501. The molecule has 0 unspecified atom stereocenters. The summed E-state index contributed by atoms with van der Waals surface area (Å²) in [6.45, 7) is 5.46. The van der Waals surface area contributed by atoms with Gasteiger partial charge in [-0.15, -0.1) is 0 Å². The predicted octanol–water partition coefficient (Wildman–Crippen LogP) is 3.36. The first-order chi connectivity index (χ1) is 10.1. The molecule has 0 fully saturated rings. The fraction of sp³-hybridized carbons (Fsp3) is 0.471. The summed E-state index contributed by atoms with van der Waals surface area (Å²) in [5.41, 5.74) is 3.28. The lowest BCUT2D eigenvalue weighted by atomic mass is 10.1. The summed E-state index contributed by atoms with van der Waals surface area (Å²) in [6.07, 6.45) is 2.27. The second-order valence-electron chi connectivity index (χ2n) is 5.64. The van der Waals surface area contributed by atoms with Crippen LogP contribution in [0.4, 0.5) is 0 Å². The van der Waals surface area contributed by atoms with Crippen molar-refractivity contribution in [3.63, 3.8) is 0 Å². The number of rotatable bonds is 7. The molecule has 0 aliphatic rings. The highest BCUT2D eigenvalue weighted by Gasteiger charge is 2.09. The van der Waals surface area contributed by atoms with E-state index in [0.29, 0.717) is 6.61 Å². The van der Waals surface area contributed by atoms with Crippen LogP contribution in [0.1, 0.15) is 29.0 Å². The van der Waals surface area contributed by atoms with Crippen LogP contribution >= 0.6 is 0 Å². The first kappa shape index (κ1) is 15.6. The largest absolute Gasteiger partial charge is 0.489 e. The maximum Gasteiger partial charge on any atom is 0.140 e. The van der Waals surface area contributed by atoms with Gasteiger partial charge in [0, 0.05) is 0 Å². The van der Waals surface area contributed by atoms with Gasteiger partial charge in [-0.25, -0.2) is 0 Å². The van der Waals surface area contributed by atoms with E-state index in [0.717, 1.165) is 35.7 Å². The number of benzene rings is 1. The molecule has 0 atom stereocenters. The second kappa shape index (κ2) is 7.27. The zero-order chi connectivity index (χ0) is 15.2. The van der Waals surface area contributed by atoms with Crippen LogP contribution in [-0.2, 0) is 13.0 Å². The van der Waals surface area contributed by atoms with E-state index in [1.165, 1.54) is 12.0 Å². The van der Waals surface area contributed by atoms with E-state index in [-0.39, 0.29) is 0 Å². The zero-order valence-electron chi connectivity index (χ0n) is 13.3. The standard InChI is InChI=1S/C17H24N2O2/c1-13-17(14(2)21-18-13)12-20-16-9-7-15(8-10-16)6-5-11-19(3)4/h7-10H,5-6,11-12H2,1-4H3. The highest BCUT2D eigenvalue weighted by molar-refractivity contribution is 5.28. The smallest absolute Gasteiger partial charge is 0.140 e. The van der Waals surface area contributed by atoms with Crippen molar-refractivity contribution < 1.29 is 9.26 Å². The molecule has 0 aliphatic heterocycles. The van der Waals surface area contributed by atoms with E-state index < -0.39 is 0 Å². The van der Waals surface area contributed by atoms with Crippen molar-refractivity contribution >= 4 is 0 Å². The maximum atomic E-state index is 5.80. The van der Waals surface area contributed by atoms with Crippen molar-refractivity contribution in [2.24, 2.45) is 0 Å². The van der Waals surface area contributed by atoms with Crippen LogP contribution in [0.5, 0.6) is 5.75 Å². The Morgan fingerprint density at radius 2 is 1.86 bits per heavy atom. The molecule has 1 heterocycles. The summed E-state index contributed by atoms with van der Waals surface area (Å²) in [5, 5.41) is 3.93. The monoisotopic (exact) mass is 288 g/mol. The van der Waals surface area contributed by atoms with Gasteiger partial charge in [0.2, 0.25) is 0 Å². The molecule has 21 heavy (non-hydrogen) atoms. The van der Waals surface area contributed by atoms with Crippen LogP contribution in [0.3, 0.4) is 0 Å². The first-order valence-corrected chi connectivity index (χ1v) is 7.34. The first-order valence-electron chi connectivity index (χ1n) is 7.34. The summed E-state index contributed by atoms with van der Waals surface area (Å²) in [6, 6.07) is 8.34. The van der Waals surface area contributed by atoms with E-state index >= 15 is 0 Å². The Morgan fingerprint density at radius 3 is 2.43 bits per heavy atom. The average Bonchev–Trinajstić information content (AvgIpc) is 2.77. The van der Waals surface area contributed by atoms with Gasteiger partial charge in [-0.05, 0) is 65.0 Å². The molecule has 2 aromatic rings. The maximum absolute atomic E-state index is 5.80. The van der Waals surface area contributed by atoms with Crippen LogP contribution in [0.15, 0.2) is 28.8 Å². The Hall–Kier alpha value is -1.81. The molecule has 2 rings (SSSR count). The molecule has 0 saturated carbocycles. The predicted molar refractivity (Wildman–Crippen MR) is 83.6 cm³/mol. The van der Waals surface area contributed by atoms with Gasteiger partial charge in [0.25, 0.3) is 0 Å². The highest BCUT2D eigenvalue weighted by atomic mass is 16.5. The lowest BCUT2D eigenvalue weighted by Crippen LogP contribution is -2.13. The van der Waals surface area contributed by atoms with Gasteiger partial charge in [0.15, 0.2) is 0 Å². The molecule has 0 N–H and O–H groups in total. The Balaban J connectivity index is 1.85. The molecule has 0 spiro atoms. The molecule has 4 heteroatoms. The van der Waals surface area contributed by atoms with Crippen molar-refractivity contribution in [2.45, 2.75) is 33.3 Å². The number of hydrogen-bond donors (Lipinski definition) is 0. The van der Waals surface area contributed by atoms with Gasteiger partial charge in [0.05, 0.1) is 11.3 Å². The summed E-state index contributed by atoms with van der Waals surface area (Å²) in [4.78, 5) is 2.21. The summed E-state index contributed by atoms with van der Waals surface area (Å²) >= 11 is 0. The number of ether oxygens (including phenoxy) is 1. The number of aryl methyl sites for hydroxylation is 3. The summed E-state index contributed by atoms with van der Waals surface area (Å²) in [5.74, 6) is 1.71. The van der Waals surface area contributed by atoms with Gasteiger partial charge in [0.1, 0.15) is 18.1 Å². The average molecular weight is 288 g/mol. The molecule has 114 valence electrons. The van der Waals surface area contributed by atoms with Gasteiger partial charge >= 0.3 is 0 Å². The Labute approximate surface area is 126 Å². The Morgan fingerprint density at radius 1 is 1.14 bits per heavy atom. The van der Waals surface area contributed by atoms with Crippen molar-refractivity contribution in [3.8, 4) is 5.75 Å². The lowest BCUT2D eigenvalue weighted by molar-refractivity contribution is 0.301. The van der Waals surface area contributed by atoms with Crippen molar-refractivity contribution in [1.82, 2.24) is 10.1 Å². The van der Waals surface area contributed by atoms with Gasteiger partial charge < -0.3 is 14.2 Å². The van der Waals surface area contributed by atoms with Crippen molar-refractivity contribution in [3.05, 3.63) is 46.8 Å². The SMILES string of the molecule is Cc1noc(C)c1COc1ccc(CCCN(C)C)cc1. The number of hydrogen-bond acceptors (Lipinski definition) is 4. The molecule has 0 radical (unpaired) electrons. The molecule has 0 bridgehead atoms. The second-order valence-corrected chi connectivity index (χ2v) is 5.64. The van der Waals surface area contributed by atoms with Crippen LogP contribution in [0.25, 0.3) is 0 Å². The van der Waals surface area contributed by atoms with Crippen LogP contribution in [-0.4, -0.2) is 30.7 Å². The minimum absolute atomic E-state index is 0.501. The zero-order valence-corrected chi connectivity index (χ0v) is 13.3. The fourth-order valence-corrected chi connectivity index (χ4v) is 2.22. The van der Waals surface area contributed by atoms with E-state index in [4.69, 9.17) is 9.26 Å². The lowest BCUT2D eigenvalue weighted by Gasteiger charge is -2.10. The third-order valence-electron chi connectivity index (χ3n) is 3.56. The molecule has 1 aromatic carbocycles. The van der Waals surface area contributed by atoms with Crippen LogP contribution in [0, 0.1) is 13.8 Å². The van der Waals surface area contributed by atoms with E-state index in [1.807, 2.05) is 26.0 Å². The number of aromatic nitrogens is 1. The quantitative estimate of drug-likeness (QED) is 0.783. The topological polar surface area (TPSA) is 38.5 Å². The van der Waals surface area contributed by atoms with E-state index in [2.05, 4.69) is 36.3 Å². The minimum Gasteiger partial charge on any atom is -0.489 e. The van der Waals surface area contributed by atoms with Crippen molar-refractivity contribution in [1.29, 1.82) is 0 Å². The van der Waals surface area contributed by atoms with Gasteiger partial charge in [-0.1, -0.05) is 17.3 Å². The molecule has 0 aliphatic carbocycles. The molecule has 1 aromatic heterocycles. The molecular formula is C17H24N2O2. The Kier molecular flexibility index (Phi) is 5.39.